The highest BCUT2D eigenvalue weighted by Crippen LogP contribution is 2.32. The molecule has 0 spiro atoms. The van der Waals surface area contributed by atoms with Gasteiger partial charge >= 0.3 is 5.97 Å². The lowest BCUT2D eigenvalue weighted by Gasteiger charge is -2.24. The number of halogens is 2. The number of rotatable bonds is 3. The van der Waals surface area contributed by atoms with Crippen LogP contribution in [0.1, 0.15) is 23.7 Å². The van der Waals surface area contributed by atoms with Gasteiger partial charge in [-0.3, -0.25) is 9.59 Å². The molecule has 0 aliphatic carbocycles. The van der Waals surface area contributed by atoms with Gasteiger partial charge in [-0.2, -0.15) is 0 Å². The normalized spacial score (nSPS) is 21.4. The summed E-state index contributed by atoms with van der Waals surface area (Å²) < 4.78 is 6.04. The van der Waals surface area contributed by atoms with E-state index in [2.05, 4.69) is 22.6 Å². The van der Waals surface area contributed by atoms with Crippen molar-refractivity contribution in [3.8, 4) is 5.75 Å². The summed E-state index contributed by atoms with van der Waals surface area (Å²) in [6, 6.07) is 2.93. The number of hydrogen-bond donors (Lipinski definition) is 1. The molecule has 114 valence electrons. The first-order valence-electron chi connectivity index (χ1n) is 6.43. The summed E-state index contributed by atoms with van der Waals surface area (Å²) in [6.07, 6.45) is 0.461. The van der Waals surface area contributed by atoms with E-state index in [1.807, 2.05) is 0 Å². The first-order chi connectivity index (χ1) is 9.86. The van der Waals surface area contributed by atoms with Gasteiger partial charge in [0, 0.05) is 16.2 Å². The van der Waals surface area contributed by atoms with E-state index in [1.165, 1.54) is 7.11 Å². The second-order valence-electron chi connectivity index (χ2n) is 4.94. The Hall–Kier alpha value is -1.02. The standard InChI is InChI=1S/C14H15ClINO4/c1-7-8(14(19)20)3-4-17(7)13(18)9-5-10(15)11(16)6-12(9)21-2/h5-8H,3-4H2,1-2H3,(H,19,20). The number of aliphatic carboxylic acids is 1. The average Bonchev–Trinajstić information content (AvgIpc) is 2.82. The number of carboxylic acids is 1. The summed E-state index contributed by atoms with van der Waals surface area (Å²) >= 11 is 8.14. The van der Waals surface area contributed by atoms with Gasteiger partial charge in [-0.15, -0.1) is 0 Å². The number of benzene rings is 1. The topological polar surface area (TPSA) is 66.8 Å². The minimum absolute atomic E-state index is 0.249. The number of likely N-dealkylation sites (tertiary alicyclic amines) is 1. The molecule has 0 bridgehead atoms. The summed E-state index contributed by atoms with van der Waals surface area (Å²) in [7, 11) is 1.49. The van der Waals surface area contributed by atoms with Gasteiger partial charge in [-0.25, -0.2) is 0 Å². The largest absolute Gasteiger partial charge is 0.496 e. The molecule has 1 fully saturated rings. The molecule has 1 aliphatic heterocycles. The number of amides is 1. The smallest absolute Gasteiger partial charge is 0.308 e. The monoisotopic (exact) mass is 423 g/mol. The van der Waals surface area contributed by atoms with Crippen LogP contribution in [0.4, 0.5) is 0 Å². The van der Waals surface area contributed by atoms with Crippen molar-refractivity contribution in [3.63, 3.8) is 0 Å². The van der Waals surface area contributed by atoms with Gasteiger partial charge in [0.25, 0.3) is 5.91 Å². The third-order valence-corrected chi connectivity index (χ3v) is 5.33. The zero-order valence-corrected chi connectivity index (χ0v) is 14.5. The molecular formula is C14H15ClINO4. The Kier molecular flexibility index (Phi) is 4.98. The molecule has 1 heterocycles. The molecule has 5 nitrogen and oxygen atoms in total. The molecule has 2 atom stereocenters. The first-order valence-corrected chi connectivity index (χ1v) is 7.89. The molecule has 1 amide bonds. The maximum atomic E-state index is 12.7. The molecule has 21 heavy (non-hydrogen) atoms. The van der Waals surface area contributed by atoms with E-state index in [0.29, 0.717) is 29.3 Å². The lowest BCUT2D eigenvalue weighted by Crippen LogP contribution is -2.37. The van der Waals surface area contributed by atoms with Crippen LogP contribution in [0.25, 0.3) is 0 Å². The Morgan fingerprint density at radius 1 is 1.48 bits per heavy atom. The summed E-state index contributed by atoms with van der Waals surface area (Å²) in [5, 5.41) is 9.62. The third-order valence-electron chi connectivity index (χ3n) is 3.81. The number of carboxylic acid groups (broad SMARTS) is 1. The fourth-order valence-corrected chi connectivity index (χ4v) is 3.18. The highest BCUT2D eigenvalue weighted by molar-refractivity contribution is 14.1. The lowest BCUT2D eigenvalue weighted by molar-refractivity contribution is -0.142. The quantitative estimate of drug-likeness (QED) is 0.759. The Bertz CT molecular complexity index is 593. The van der Waals surface area contributed by atoms with Gasteiger partial charge in [0.1, 0.15) is 5.75 Å². The van der Waals surface area contributed by atoms with Crippen molar-refractivity contribution in [2.75, 3.05) is 13.7 Å². The van der Waals surface area contributed by atoms with Gasteiger partial charge in [0.05, 0.1) is 23.6 Å². The first kappa shape index (κ1) is 16.4. The van der Waals surface area contributed by atoms with Crippen LogP contribution in [-0.4, -0.2) is 41.6 Å². The average molecular weight is 424 g/mol. The van der Waals surface area contributed by atoms with Gasteiger partial charge in [0.15, 0.2) is 0 Å². The van der Waals surface area contributed by atoms with Crippen LogP contribution < -0.4 is 4.74 Å². The predicted octanol–water partition coefficient (Wildman–Crippen LogP) is 2.89. The molecule has 1 aromatic rings. The predicted molar refractivity (Wildman–Crippen MR) is 87.0 cm³/mol. The maximum absolute atomic E-state index is 12.7. The van der Waals surface area contributed by atoms with E-state index in [1.54, 1.807) is 24.0 Å². The number of hydrogen-bond acceptors (Lipinski definition) is 3. The minimum Gasteiger partial charge on any atom is -0.496 e. The van der Waals surface area contributed by atoms with E-state index in [4.69, 9.17) is 21.4 Å². The zero-order valence-electron chi connectivity index (χ0n) is 11.6. The molecule has 0 saturated carbocycles. The molecule has 1 aliphatic rings. The van der Waals surface area contributed by atoms with Crippen LogP contribution in [0.3, 0.4) is 0 Å². The fourth-order valence-electron chi connectivity index (χ4n) is 2.58. The van der Waals surface area contributed by atoms with E-state index >= 15 is 0 Å². The van der Waals surface area contributed by atoms with E-state index in [0.717, 1.165) is 3.57 Å². The molecule has 7 heteroatoms. The van der Waals surface area contributed by atoms with Gasteiger partial charge < -0.3 is 14.7 Å². The van der Waals surface area contributed by atoms with Crippen molar-refractivity contribution in [1.82, 2.24) is 4.90 Å². The van der Waals surface area contributed by atoms with Crippen molar-refractivity contribution >= 4 is 46.1 Å². The maximum Gasteiger partial charge on any atom is 0.308 e. The Labute approximate surface area is 141 Å². The summed E-state index contributed by atoms with van der Waals surface area (Å²) in [5.74, 6) is -1.20. The van der Waals surface area contributed by atoms with E-state index in [-0.39, 0.29) is 11.9 Å². The van der Waals surface area contributed by atoms with Crippen LogP contribution in [0.5, 0.6) is 5.75 Å². The third kappa shape index (κ3) is 3.11. The van der Waals surface area contributed by atoms with Crippen molar-refractivity contribution < 1.29 is 19.4 Å². The number of carbonyl (C=O) groups excluding carboxylic acids is 1. The van der Waals surface area contributed by atoms with Crippen LogP contribution in [0.15, 0.2) is 12.1 Å². The molecule has 1 aromatic carbocycles. The molecule has 1 N–H and O–H groups in total. The van der Waals surface area contributed by atoms with Gasteiger partial charge in [0.2, 0.25) is 0 Å². The van der Waals surface area contributed by atoms with Crippen LogP contribution in [0.2, 0.25) is 5.02 Å². The zero-order chi connectivity index (χ0) is 15.7. The highest BCUT2D eigenvalue weighted by atomic mass is 127. The molecule has 0 aromatic heterocycles. The van der Waals surface area contributed by atoms with Crippen molar-refractivity contribution in [3.05, 3.63) is 26.3 Å². The SMILES string of the molecule is COc1cc(I)c(Cl)cc1C(=O)N1CCC(C(=O)O)C1C. The number of ether oxygens (including phenoxy) is 1. The van der Waals surface area contributed by atoms with Crippen molar-refractivity contribution in [2.45, 2.75) is 19.4 Å². The number of methoxy groups -OCH3 is 1. The van der Waals surface area contributed by atoms with Crippen LogP contribution in [0, 0.1) is 9.49 Å². The van der Waals surface area contributed by atoms with Gasteiger partial charge in [-0.1, -0.05) is 11.6 Å². The number of nitrogens with zero attached hydrogens (tertiary/aromatic N) is 1. The minimum atomic E-state index is -0.870. The van der Waals surface area contributed by atoms with E-state index in [9.17, 15) is 9.59 Å². The molecule has 0 radical (unpaired) electrons. The molecule has 1 saturated heterocycles. The molecule has 2 unspecified atom stereocenters. The Morgan fingerprint density at radius 3 is 2.67 bits per heavy atom. The second-order valence-corrected chi connectivity index (χ2v) is 6.51. The van der Waals surface area contributed by atoms with Crippen LogP contribution >= 0.6 is 34.2 Å². The Balaban J connectivity index is 2.33. The molecular weight excluding hydrogens is 409 g/mol. The molecule has 2 rings (SSSR count). The summed E-state index contributed by atoms with van der Waals surface area (Å²) in [5.41, 5.74) is 0.362. The van der Waals surface area contributed by atoms with Crippen molar-refractivity contribution in [1.29, 1.82) is 0 Å². The second kappa shape index (κ2) is 6.39. The fraction of sp³-hybridized carbons (Fsp3) is 0.429. The van der Waals surface area contributed by atoms with Crippen molar-refractivity contribution in [2.24, 2.45) is 5.92 Å². The van der Waals surface area contributed by atoms with Crippen LogP contribution in [-0.2, 0) is 4.79 Å². The Morgan fingerprint density at radius 2 is 2.14 bits per heavy atom. The summed E-state index contributed by atoms with van der Waals surface area (Å²) in [6.45, 7) is 2.17. The lowest BCUT2D eigenvalue weighted by atomic mass is 10.0. The number of carbonyl (C=O) groups is 2. The van der Waals surface area contributed by atoms with E-state index < -0.39 is 11.9 Å². The summed E-state index contributed by atoms with van der Waals surface area (Å²) in [4.78, 5) is 25.4. The highest BCUT2D eigenvalue weighted by Gasteiger charge is 2.39. The van der Waals surface area contributed by atoms with Gasteiger partial charge in [-0.05, 0) is 48.1 Å².